The number of Topliss-reactive ketones (excluding diaryl/α,β-unsaturated/α-hetero) is 1. The molecule has 3 heterocycles. The van der Waals surface area contributed by atoms with Gasteiger partial charge in [0.2, 0.25) is 0 Å². The Kier molecular flexibility index (Phi) is 5.50. The van der Waals surface area contributed by atoms with Gasteiger partial charge in [-0.05, 0) is 68.1 Å². The summed E-state index contributed by atoms with van der Waals surface area (Å²) in [5.74, 6) is -0.536. The molecular weight excluding hydrogens is 492 g/mol. The average molecular weight is 526 g/mol. The van der Waals surface area contributed by atoms with Crippen LogP contribution in [0.15, 0.2) is 42.5 Å². The van der Waals surface area contributed by atoms with Crippen molar-refractivity contribution >= 4 is 16.7 Å². The number of aromatic nitrogens is 1. The van der Waals surface area contributed by atoms with Crippen molar-refractivity contribution in [2.24, 2.45) is 0 Å². The molecule has 38 heavy (non-hydrogen) atoms. The summed E-state index contributed by atoms with van der Waals surface area (Å²) in [7, 11) is 0. The van der Waals surface area contributed by atoms with E-state index in [9.17, 15) is 13.6 Å². The first-order valence-electron chi connectivity index (χ1n) is 13.1. The maximum absolute atomic E-state index is 13.5. The Labute approximate surface area is 220 Å². The number of nitrogens with zero attached hydrogens (tertiary/aromatic N) is 1. The molecule has 0 radical (unpaired) electrons. The van der Waals surface area contributed by atoms with Crippen LogP contribution < -0.4 is 9.47 Å². The third kappa shape index (κ3) is 4.47. The topological polar surface area (TPSA) is 58.9 Å². The predicted molar refractivity (Wildman–Crippen MR) is 138 cm³/mol. The average Bonchev–Trinajstić information content (AvgIpc) is 3.32. The van der Waals surface area contributed by atoms with Gasteiger partial charge in [0.15, 0.2) is 17.3 Å². The minimum atomic E-state index is -3.67. The Morgan fingerprint density at radius 2 is 1.76 bits per heavy atom. The molecule has 1 saturated heterocycles. The molecule has 202 valence electrons. The van der Waals surface area contributed by atoms with E-state index in [1.807, 2.05) is 19.9 Å². The highest BCUT2D eigenvalue weighted by atomic mass is 19.3. The largest absolute Gasteiger partial charge is 0.586 e. The van der Waals surface area contributed by atoms with E-state index in [1.165, 1.54) is 17.8 Å². The van der Waals surface area contributed by atoms with Gasteiger partial charge in [-0.25, -0.2) is 0 Å². The Hall–Kier alpha value is -2.97. The fourth-order valence-corrected chi connectivity index (χ4v) is 5.76. The zero-order chi connectivity index (χ0) is 27.1. The third-order valence-corrected chi connectivity index (χ3v) is 7.79. The monoisotopic (exact) mass is 525 g/mol. The van der Waals surface area contributed by atoms with E-state index in [1.54, 1.807) is 6.07 Å². The molecule has 0 bridgehead atoms. The molecular formula is C30H33F2NO5. The van der Waals surface area contributed by atoms with Crippen molar-refractivity contribution in [3.8, 4) is 11.5 Å². The molecule has 2 aliphatic heterocycles. The molecule has 0 N–H and O–H groups in total. The number of hydrogen-bond acceptors (Lipinski definition) is 5. The number of fused-ring (bicyclic) bond motifs is 2. The lowest BCUT2D eigenvalue weighted by molar-refractivity contribution is -0.286. The number of carbonyl (C=O) groups is 1. The van der Waals surface area contributed by atoms with Gasteiger partial charge in [-0.2, -0.15) is 0 Å². The van der Waals surface area contributed by atoms with E-state index < -0.39 is 17.5 Å². The number of rotatable bonds is 6. The minimum Gasteiger partial charge on any atom is -0.395 e. The van der Waals surface area contributed by atoms with Crippen molar-refractivity contribution < 1.29 is 32.5 Å². The second-order valence-electron chi connectivity index (χ2n) is 12.2. The lowest BCUT2D eigenvalue weighted by Gasteiger charge is -2.24. The normalized spacial score (nSPS) is 22.7. The van der Waals surface area contributed by atoms with Crippen LogP contribution in [0.5, 0.6) is 11.5 Å². The van der Waals surface area contributed by atoms with E-state index in [2.05, 4.69) is 53.0 Å². The number of hydrogen-bond donors (Lipinski definition) is 0. The molecule has 8 heteroatoms. The highest BCUT2D eigenvalue weighted by Gasteiger charge is 2.52. The second-order valence-corrected chi connectivity index (χ2v) is 12.2. The maximum atomic E-state index is 13.5. The molecule has 2 aromatic carbocycles. The molecule has 1 atom stereocenters. The summed E-state index contributed by atoms with van der Waals surface area (Å²) in [5, 5.41) is 1.08. The number of carbonyl (C=O) groups excluding carboxylic acids is 1. The Bertz CT molecular complexity index is 1430. The second kappa shape index (κ2) is 8.26. The van der Waals surface area contributed by atoms with E-state index in [0.29, 0.717) is 31.6 Å². The fraction of sp³-hybridized carbons (Fsp3) is 0.500. The van der Waals surface area contributed by atoms with Crippen LogP contribution in [0.3, 0.4) is 0 Å². The van der Waals surface area contributed by atoms with Crippen molar-refractivity contribution in [1.82, 2.24) is 4.57 Å². The Morgan fingerprint density at radius 1 is 1.03 bits per heavy atom. The predicted octanol–water partition coefficient (Wildman–Crippen LogP) is 6.26. The Balaban J connectivity index is 1.26. The smallest absolute Gasteiger partial charge is 0.395 e. The Morgan fingerprint density at radius 3 is 2.42 bits per heavy atom. The van der Waals surface area contributed by atoms with Gasteiger partial charge in [0.25, 0.3) is 0 Å². The molecule has 1 saturated carbocycles. The number of alkyl halides is 2. The standard InChI is InChI=1S/C30H33F2NO5/c1-27(2,3)25-14-19-12-18(6-8-22(19)33(25)16-21-17-35-28(4,5)36-21)13-26(34)29(10-11-29)20-7-9-23-24(15-20)38-30(31,32)37-23/h6-9,12,14-15,21H,10-11,13,16-17H2,1-5H3/t21-/m1/s1. The van der Waals surface area contributed by atoms with Gasteiger partial charge in [-0.15, -0.1) is 8.78 Å². The minimum absolute atomic E-state index is 0.00950. The molecule has 0 spiro atoms. The first-order chi connectivity index (χ1) is 17.7. The highest BCUT2D eigenvalue weighted by Crippen LogP contribution is 2.52. The van der Waals surface area contributed by atoms with Crippen molar-refractivity contribution in [3.63, 3.8) is 0 Å². The molecule has 3 aliphatic rings. The van der Waals surface area contributed by atoms with Crippen LogP contribution in [0.25, 0.3) is 10.9 Å². The van der Waals surface area contributed by atoms with E-state index in [4.69, 9.17) is 9.47 Å². The summed E-state index contributed by atoms with van der Waals surface area (Å²) < 4.78 is 50.3. The van der Waals surface area contributed by atoms with Crippen molar-refractivity contribution in [2.75, 3.05) is 6.61 Å². The van der Waals surface area contributed by atoms with Crippen LogP contribution in [0.1, 0.15) is 64.3 Å². The summed E-state index contributed by atoms with van der Waals surface area (Å²) in [6.07, 6.45) is -2.07. The number of ether oxygens (including phenoxy) is 4. The first-order valence-corrected chi connectivity index (χ1v) is 13.1. The molecule has 0 amide bonds. The molecule has 3 aromatic rings. The summed E-state index contributed by atoms with van der Waals surface area (Å²) in [4.78, 5) is 13.5. The molecule has 6 rings (SSSR count). The van der Waals surface area contributed by atoms with E-state index in [0.717, 1.165) is 16.5 Å². The van der Waals surface area contributed by atoms with Gasteiger partial charge in [0.05, 0.1) is 18.6 Å². The van der Waals surface area contributed by atoms with Crippen LogP contribution in [0.2, 0.25) is 0 Å². The van der Waals surface area contributed by atoms with Gasteiger partial charge < -0.3 is 23.5 Å². The zero-order valence-electron chi connectivity index (χ0n) is 22.4. The van der Waals surface area contributed by atoms with Gasteiger partial charge in [0, 0.05) is 28.4 Å². The molecule has 1 aromatic heterocycles. The maximum Gasteiger partial charge on any atom is 0.586 e. The fourth-order valence-electron chi connectivity index (χ4n) is 5.76. The van der Waals surface area contributed by atoms with Crippen molar-refractivity contribution in [1.29, 1.82) is 0 Å². The summed E-state index contributed by atoms with van der Waals surface area (Å²) >= 11 is 0. The van der Waals surface area contributed by atoms with Gasteiger partial charge in [0.1, 0.15) is 11.9 Å². The van der Waals surface area contributed by atoms with Crippen LogP contribution in [-0.2, 0) is 38.1 Å². The molecule has 6 nitrogen and oxygen atoms in total. The lowest BCUT2D eigenvalue weighted by Crippen LogP contribution is -2.26. The summed E-state index contributed by atoms with van der Waals surface area (Å²) in [6, 6.07) is 13.1. The van der Waals surface area contributed by atoms with Crippen LogP contribution >= 0.6 is 0 Å². The van der Waals surface area contributed by atoms with Crippen molar-refractivity contribution in [2.45, 2.75) is 89.4 Å². The first kappa shape index (κ1) is 25.3. The zero-order valence-corrected chi connectivity index (χ0v) is 22.4. The highest BCUT2D eigenvalue weighted by molar-refractivity contribution is 5.95. The van der Waals surface area contributed by atoms with E-state index in [-0.39, 0.29) is 35.2 Å². The third-order valence-electron chi connectivity index (χ3n) is 7.79. The van der Waals surface area contributed by atoms with Gasteiger partial charge in [-0.3, -0.25) is 4.79 Å². The lowest BCUT2D eigenvalue weighted by atomic mass is 9.87. The van der Waals surface area contributed by atoms with Crippen LogP contribution in [0, 0.1) is 0 Å². The number of halogens is 2. The van der Waals surface area contributed by atoms with Gasteiger partial charge in [-0.1, -0.05) is 32.9 Å². The SMILES string of the molecule is CC1(C)OC[C@@H](Cn2c(C(C)(C)C)cc3cc(CC(=O)C4(c5ccc6c(c5)OC(F)(F)O6)CC4)ccc32)O1. The molecule has 2 fully saturated rings. The summed E-state index contributed by atoms with van der Waals surface area (Å²) in [5.41, 5.74) is 3.17. The van der Waals surface area contributed by atoms with Crippen molar-refractivity contribution in [3.05, 3.63) is 59.3 Å². The van der Waals surface area contributed by atoms with Gasteiger partial charge >= 0.3 is 6.29 Å². The summed E-state index contributed by atoms with van der Waals surface area (Å²) in [6.45, 7) is 11.7. The molecule has 0 unspecified atom stereocenters. The van der Waals surface area contributed by atoms with E-state index >= 15 is 0 Å². The number of ketones is 1. The molecule has 1 aliphatic carbocycles. The number of benzene rings is 2. The van der Waals surface area contributed by atoms with Crippen LogP contribution in [0.4, 0.5) is 8.78 Å². The van der Waals surface area contributed by atoms with Crippen LogP contribution in [-0.4, -0.2) is 35.1 Å². The quantitative estimate of drug-likeness (QED) is 0.381.